The molecule has 1 aliphatic heterocycles. The van der Waals surface area contributed by atoms with Crippen LogP contribution in [0, 0.1) is 5.92 Å². The van der Waals surface area contributed by atoms with E-state index in [9.17, 15) is 4.79 Å². The normalized spacial score (nSPS) is 14.5. The van der Waals surface area contributed by atoms with Crippen molar-refractivity contribution in [3.63, 3.8) is 0 Å². The minimum atomic E-state index is 0. The van der Waals surface area contributed by atoms with Crippen molar-refractivity contribution >= 4 is 18.3 Å². The summed E-state index contributed by atoms with van der Waals surface area (Å²) in [7, 11) is 5.18. The zero-order valence-corrected chi connectivity index (χ0v) is 17.5. The summed E-state index contributed by atoms with van der Waals surface area (Å²) in [5, 5.41) is 10.4. The number of likely N-dealkylation sites (tertiary alicyclic amines) is 1. The van der Waals surface area contributed by atoms with Crippen molar-refractivity contribution in [2.24, 2.45) is 5.92 Å². The number of ether oxygens (including phenoxy) is 2. The van der Waals surface area contributed by atoms with Crippen LogP contribution in [0.15, 0.2) is 24.3 Å². The molecule has 3 rings (SSSR count). The van der Waals surface area contributed by atoms with E-state index >= 15 is 0 Å². The highest BCUT2D eigenvalue weighted by atomic mass is 35.5. The van der Waals surface area contributed by atoms with E-state index in [4.69, 9.17) is 9.47 Å². The molecule has 154 valence electrons. The third-order valence-electron chi connectivity index (χ3n) is 5.19. The van der Waals surface area contributed by atoms with Crippen LogP contribution in [-0.2, 0) is 0 Å². The number of halogens is 1. The van der Waals surface area contributed by atoms with E-state index < -0.39 is 0 Å². The lowest BCUT2D eigenvalue weighted by molar-refractivity contribution is 0.0681. The zero-order valence-electron chi connectivity index (χ0n) is 16.7. The molecule has 8 heteroatoms. The molecule has 2 N–H and O–H groups in total. The van der Waals surface area contributed by atoms with Crippen LogP contribution >= 0.6 is 12.4 Å². The summed E-state index contributed by atoms with van der Waals surface area (Å²) >= 11 is 0. The second-order valence-corrected chi connectivity index (χ2v) is 6.86. The van der Waals surface area contributed by atoms with Crippen molar-refractivity contribution in [3.8, 4) is 22.8 Å². The summed E-state index contributed by atoms with van der Waals surface area (Å²) in [5.41, 5.74) is 2.10. The molecule has 1 aromatic heterocycles. The number of hydrogen-bond acceptors (Lipinski definition) is 5. The summed E-state index contributed by atoms with van der Waals surface area (Å²) in [5.74, 6) is 2.01. The van der Waals surface area contributed by atoms with Crippen molar-refractivity contribution in [2.45, 2.75) is 19.3 Å². The Labute approximate surface area is 172 Å². The number of carbonyl (C=O) groups is 1. The number of hydrogen-bond donors (Lipinski definition) is 2. The molecule has 0 atom stereocenters. The van der Waals surface area contributed by atoms with Crippen LogP contribution in [0.25, 0.3) is 11.3 Å². The predicted octanol–water partition coefficient (Wildman–Crippen LogP) is 2.98. The van der Waals surface area contributed by atoms with Gasteiger partial charge in [0.15, 0.2) is 11.5 Å². The third-order valence-corrected chi connectivity index (χ3v) is 5.19. The maximum absolute atomic E-state index is 12.8. The van der Waals surface area contributed by atoms with Crippen molar-refractivity contribution < 1.29 is 14.3 Å². The number of benzene rings is 1. The summed E-state index contributed by atoms with van der Waals surface area (Å²) < 4.78 is 10.6. The molecule has 7 nitrogen and oxygen atoms in total. The van der Waals surface area contributed by atoms with Gasteiger partial charge in [-0.05, 0) is 63.0 Å². The van der Waals surface area contributed by atoms with E-state index in [0.29, 0.717) is 28.8 Å². The maximum Gasteiger partial charge on any atom is 0.271 e. The number of methoxy groups -OCH3 is 2. The molecular weight excluding hydrogens is 380 g/mol. The van der Waals surface area contributed by atoms with Gasteiger partial charge in [0.05, 0.1) is 19.9 Å². The van der Waals surface area contributed by atoms with Crippen LogP contribution < -0.4 is 14.8 Å². The molecular formula is C20H29ClN4O3. The van der Waals surface area contributed by atoms with Gasteiger partial charge in [-0.2, -0.15) is 5.10 Å². The molecule has 0 saturated carbocycles. The molecule has 2 aromatic rings. The molecule has 1 aliphatic rings. The topological polar surface area (TPSA) is 79.5 Å². The number of amides is 1. The largest absolute Gasteiger partial charge is 0.493 e. The Hall–Kier alpha value is -2.25. The maximum atomic E-state index is 12.8. The van der Waals surface area contributed by atoms with E-state index in [-0.39, 0.29) is 18.3 Å². The van der Waals surface area contributed by atoms with Crippen molar-refractivity contribution in [2.75, 3.05) is 40.9 Å². The molecule has 1 fully saturated rings. The van der Waals surface area contributed by atoms with Gasteiger partial charge >= 0.3 is 0 Å². The minimum Gasteiger partial charge on any atom is -0.493 e. The number of rotatable bonds is 7. The van der Waals surface area contributed by atoms with Gasteiger partial charge in [-0.25, -0.2) is 0 Å². The van der Waals surface area contributed by atoms with Gasteiger partial charge in [-0.1, -0.05) is 0 Å². The Morgan fingerprint density at radius 1 is 1.21 bits per heavy atom. The van der Waals surface area contributed by atoms with Crippen LogP contribution in [-0.4, -0.2) is 61.9 Å². The summed E-state index contributed by atoms with van der Waals surface area (Å²) in [6.07, 6.45) is 3.29. The number of nitrogens with zero attached hydrogens (tertiary/aromatic N) is 2. The van der Waals surface area contributed by atoms with Gasteiger partial charge in [0.2, 0.25) is 0 Å². The Kier molecular flexibility index (Phi) is 8.14. The molecule has 1 saturated heterocycles. The van der Waals surface area contributed by atoms with Gasteiger partial charge in [-0.3, -0.25) is 9.89 Å². The van der Waals surface area contributed by atoms with Crippen LogP contribution in [0.4, 0.5) is 0 Å². The predicted molar refractivity (Wildman–Crippen MR) is 112 cm³/mol. The van der Waals surface area contributed by atoms with E-state index in [1.54, 1.807) is 20.3 Å². The smallest absolute Gasteiger partial charge is 0.271 e. The molecule has 0 spiro atoms. The number of H-pyrrole nitrogens is 1. The Morgan fingerprint density at radius 2 is 1.93 bits per heavy atom. The van der Waals surface area contributed by atoms with Gasteiger partial charge < -0.3 is 19.7 Å². The van der Waals surface area contributed by atoms with E-state index in [2.05, 4.69) is 15.5 Å². The Balaban J connectivity index is 0.00000280. The van der Waals surface area contributed by atoms with Gasteiger partial charge in [-0.15, -0.1) is 12.4 Å². The SMILES string of the molecule is CNCCC1CCN(C(=O)c2cc(-c3ccc(OC)c(OC)c3)n[nH]2)CC1.Cl. The van der Waals surface area contributed by atoms with Crippen molar-refractivity contribution in [1.29, 1.82) is 0 Å². The molecule has 2 heterocycles. The molecule has 1 amide bonds. The van der Waals surface area contributed by atoms with Crippen LogP contribution in [0.2, 0.25) is 0 Å². The van der Waals surface area contributed by atoms with Gasteiger partial charge in [0, 0.05) is 18.7 Å². The highest BCUT2D eigenvalue weighted by Gasteiger charge is 2.24. The number of carbonyl (C=O) groups excluding carboxylic acids is 1. The molecule has 1 aromatic carbocycles. The molecule has 28 heavy (non-hydrogen) atoms. The first-order chi connectivity index (χ1) is 13.2. The second kappa shape index (κ2) is 10.3. The highest BCUT2D eigenvalue weighted by molar-refractivity contribution is 5.93. The highest BCUT2D eigenvalue weighted by Crippen LogP contribution is 2.32. The fourth-order valence-corrected chi connectivity index (χ4v) is 3.52. The standard InChI is InChI=1S/C20H28N4O3.ClH/c1-21-9-6-14-7-10-24(11-8-14)20(25)17-13-16(22-23-17)15-4-5-18(26-2)19(12-15)27-3;/h4-5,12-14,21H,6-11H2,1-3H3,(H,22,23);1H. The first-order valence-electron chi connectivity index (χ1n) is 9.38. The van der Waals surface area contributed by atoms with Crippen LogP contribution in [0.5, 0.6) is 11.5 Å². The second-order valence-electron chi connectivity index (χ2n) is 6.86. The van der Waals surface area contributed by atoms with Crippen LogP contribution in [0.1, 0.15) is 29.8 Å². The first kappa shape index (κ1) is 22.0. The third kappa shape index (κ3) is 4.97. The zero-order chi connectivity index (χ0) is 19.2. The van der Waals surface area contributed by atoms with E-state index in [1.807, 2.05) is 30.1 Å². The molecule has 0 bridgehead atoms. The van der Waals surface area contributed by atoms with E-state index in [1.165, 1.54) is 6.42 Å². The Morgan fingerprint density at radius 3 is 2.57 bits per heavy atom. The monoisotopic (exact) mass is 408 g/mol. The number of aromatic nitrogens is 2. The number of aromatic amines is 1. The van der Waals surface area contributed by atoms with Crippen molar-refractivity contribution in [3.05, 3.63) is 30.0 Å². The van der Waals surface area contributed by atoms with Crippen LogP contribution in [0.3, 0.4) is 0 Å². The average Bonchev–Trinajstić information content (AvgIpc) is 3.21. The average molecular weight is 409 g/mol. The fraction of sp³-hybridized carbons (Fsp3) is 0.500. The lowest BCUT2D eigenvalue weighted by Gasteiger charge is -2.31. The van der Waals surface area contributed by atoms with E-state index in [0.717, 1.165) is 38.0 Å². The number of nitrogens with one attached hydrogen (secondary N) is 2. The van der Waals surface area contributed by atoms with Gasteiger partial charge in [0.1, 0.15) is 5.69 Å². The number of piperidine rings is 1. The first-order valence-corrected chi connectivity index (χ1v) is 9.38. The summed E-state index contributed by atoms with van der Waals surface area (Å²) in [6.45, 7) is 2.64. The molecule has 0 unspecified atom stereocenters. The van der Waals surface area contributed by atoms with Crippen molar-refractivity contribution in [1.82, 2.24) is 20.4 Å². The lowest BCUT2D eigenvalue weighted by Crippen LogP contribution is -2.39. The Bertz CT molecular complexity index is 773. The molecule has 0 radical (unpaired) electrons. The van der Waals surface area contributed by atoms with Gasteiger partial charge in [0.25, 0.3) is 5.91 Å². The lowest BCUT2D eigenvalue weighted by atomic mass is 9.93. The molecule has 0 aliphatic carbocycles. The summed E-state index contributed by atoms with van der Waals surface area (Å²) in [4.78, 5) is 14.7. The summed E-state index contributed by atoms with van der Waals surface area (Å²) in [6, 6.07) is 7.40. The minimum absolute atomic E-state index is 0. The quantitative estimate of drug-likeness (QED) is 0.736. The fourth-order valence-electron chi connectivity index (χ4n) is 3.52.